The molecule has 0 saturated heterocycles. The molecule has 622 valence electrons. The van der Waals surface area contributed by atoms with Crippen LogP contribution in [0.15, 0.2) is 74.0 Å². The maximum Gasteiger partial charge on any atom is 1.00 e. The Kier molecular flexibility index (Phi) is 30.6. The average Bonchev–Trinajstić information content (AvgIpc) is 1.41. The minimum absolute atomic E-state index is 0. The van der Waals surface area contributed by atoms with E-state index in [1.165, 1.54) is 44.9 Å². The Labute approximate surface area is 774 Å². The van der Waals surface area contributed by atoms with Gasteiger partial charge in [-0.1, -0.05) is 72.3 Å². The van der Waals surface area contributed by atoms with E-state index in [1.54, 1.807) is 48.1 Å². The Morgan fingerprint density at radius 1 is 0.535 bits per heavy atom. The number of hydrogen-bond acceptors (Lipinski definition) is 18. The van der Waals surface area contributed by atoms with E-state index in [2.05, 4.69) is 97.7 Å². The molecule has 12 saturated carbocycles. The van der Waals surface area contributed by atoms with Gasteiger partial charge in [0, 0.05) is 97.7 Å². The zero-order valence-corrected chi connectivity index (χ0v) is 77.3. The third-order valence-electron chi connectivity index (χ3n) is 33.9. The zero-order chi connectivity index (χ0) is 78.3. The minimum Gasteiger partial charge on any atom is -1.00 e. The van der Waals surface area contributed by atoms with Crippen LogP contribution in [-0.2, 0) is 51.4 Å². The van der Waals surface area contributed by atoms with Gasteiger partial charge in [0.1, 0.15) is 17.8 Å². The second kappa shape index (κ2) is 37.1. The van der Waals surface area contributed by atoms with Crippen LogP contribution < -0.4 is 108 Å². The molecule has 0 amide bonds. The molecule has 12 aliphatic carbocycles. The molecular formula is C90H136BrK2N9O12. The molecule has 0 aromatic carbocycles. The van der Waals surface area contributed by atoms with Gasteiger partial charge in [0.05, 0.1) is 89.0 Å². The van der Waals surface area contributed by atoms with Crippen molar-refractivity contribution in [1.82, 2.24) is 44.7 Å². The fraction of sp³-hybridized carbons (Fsp3) is 0.756. The Balaban J connectivity index is 0.000000197. The number of fused-ring (bicyclic) bond motifs is 18. The number of halogens is 1. The third-order valence-corrected chi connectivity index (χ3v) is 34.5. The first-order valence-electron chi connectivity index (χ1n) is 41.8. The van der Waals surface area contributed by atoms with Crippen LogP contribution in [0.25, 0.3) is 32.7 Å². The summed E-state index contributed by atoms with van der Waals surface area (Å²) in [5.41, 5.74) is 1.83. The maximum atomic E-state index is 13.8. The SMILES string of the molecule is C.C.CO[C@@H]1C[C@H]2[C@@H](CC[C@H]3C[C@](C)(O)CC[C@@]32C)[C@@H]2CC[C@H](C(=O)CBr)[C@@]12C.CO[C@@H]1C[C@H]2[C@@H](CC[C@H]3C[C@](C)(O)CC[C@@]32C)[C@@H]2CC[C@H](C(=O)Cn3cc4ccncc4n3)[C@@]12C.CO[C@@H]1C[C@H]2[C@@H](CC[C@H]3C[C@](C)(O)CC[C@@]32C)[C@@H]2CC[C@H](C(=O)Cn3ncc4ccncc43)[C@@]12C.O=CO[O-].[3HH].[H-].[K+].[K+].c1cc2cn[nH]c2cn1. The van der Waals surface area contributed by atoms with E-state index >= 15 is 0 Å². The predicted molar refractivity (Wildman–Crippen MR) is 438 cm³/mol. The van der Waals surface area contributed by atoms with Gasteiger partial charge in [0.25, 0.3) is 6.47 Å². The number of rotatable bonds is 12. The van der Waals surface area contributed by atoms with Crippen molar-refractivity contribution in [2.24, 2.45) is 121 Å². The van der Waals surface area contributed by atoms with Crippen molar-refractivity contribution in [1.29, 1.82) is 0 Å². The molecule has 24 heteroatoms. The van der Waals surface area contributed by atoms with Crippen molar-refractivity contribution >= 4 is 72.5 Å². The normalized spacial score (nSPS) is 41.6. The Bertz CT molecular complexity index is 4210. The fourth-order valence-corrected chi connectivity index (χ4v) is 28.6. The molecule has 114 heavy (non-hydrogen) atoms. The van der Waals surface area contributed by atoms with Gasteiger partial charge < -0.3 is 41.1 Å². The third kappa shape index (κ3) is 17.2. The summed E-state index contributed by atoms with van der Waals surface area (Å²) in [5, 5.41) is 60.1. The molecule has 21 nitrogen and oxygen atoms in total. The standard InChI is InChI=1S/2C29H41N3O3.C23H37BrO3.C6H5N3.CH2O3.2CH4.2K.H2.H/c1-27(34)10-11-28(2)19(14-27)5-6-20-21-7-8-22(29(21,3)26(35-4)13-23(20)28)25(33)17-32-16-18-9-12-30-15-24(18)31-32;1-27(34)10-11-28(2)19(14-27)5-6-20-21-7-8-22(29(21,3)26(35-4)13-23(20)28)25(33)17-32-24-16-30-12-9-18(24)15-31-32;1-21(26)9-10-22(2)14(12-21)5-6-15-16-7-8-17(19(25)13-24)23(16,3)20(27-4)11-18(15)22;1-2-7-4-6-5(1)3-8-9-6;2-1-4-3;;;;;;/h2*9,12,15-16,19-23,26,34H,5-8,10-11,13-14,17H2,1-4H3;14-18,20,26H,5-13H2,1-4H3;1-4H,(H,8,9);1,3H;2*1H4;;;1H;/q;;;;;;;2*+1;;-1/p-1/t2*19-,20-,21-,22+,23-,26+,27+,28-,29-;14-,15-,16-,17+,18-,20+,21+,22-,23-;;;;;;;;/m000......../s1/i;;;;;;;;;1+2;. The van der Waals surface area contributed by atoms with E-state index in [4.69, 9.17) is 24.3 Å². The van der Waals surface area contributed by atoms with Gasteiger partial charge in [-0.05, 0) is 280 Å². The van der Waals surface area contributed by atoms with Crippen molar-refractivity contribution in [2.45, 2.75) is 279 Å². The van der Waals surface area contributed by atoms with E-state index in [1.807, 2.05) is 77.4 Å². The van der Waals surface area contributed by atoms with Crippen molar-refractivity contribution < 1.29 is 164 Å². The first-order chi connectivity index (χ1) is 52.4. The van der Waals surface area contributed by atoms with E-state index in [9.17, 15) is 29.7 Å². The van der Waals surface area contributed by atoms with Crippen LogP contribution in [0.5, 0.6) is 0 Å². The number of alkyl halides is 1. The summed E-state index contributed by atoms with van der Waals surface area (Å²) in [7, 11) is 5.57. The number of aromatic nitrogens is 9. The van der Waals surface area contributed by atoms with Crippen molar-refractivity contribution in [3.8, 4) is 0 Å². The number of Topliss-reactive ketones (excluding diaryl/α,β-unsaturated/α-hetero) is 3. The van der Waals surface area contributed by atoms with Gasteiger partial charge in [-0.3, -0.25) is 48.6 Å². The second-order valence-electron chi connectivity index (χ2n) is 39.0. The smallest absolute Gasteiger partial charge is 1.00 e. The summed E-state index contributed by atoms with van der Waals surface area (Å²) in [5.74, 6) is 8.55. The number of ketones is 3. The summed E-state index contributed by atoms with van der Waals surface area (Å²) in [4.78, 5) is 63.9. The molecule has 0 bridgehead atoms. The molecule has 4 N–H and O–H groups in total. The summed E-state index contributed by atoms with van der Waals surface area (Å²) in [6.45, 7) is 21.1. The molecule has 0 aliphatic heterocycles. The number of nitrogens with zero attached hydrogens (tertiary/aromatic N) is 8. The number of pyridine rings is 3. The average molecular weight is 1700 g/mol. The number of hydrogen-bond donors (Lipinski definition) is 4. The molecule has 0 unspecified atom stereocenters. The largest absolute Gasteiger partial charge is 1.00 e. The molecular weight excluding hydrogens is 1560 g/mol. The number of carbonyl (C=O) groups is 4. The maximum absolute atomic E-state index is 13.8. The fourth-order valence-electron chi connectivity index (χ4n) is 28.2. The van der Waals surface area contributed by atoms with E-state index in [0.717, 1.165) is 148 Å². The molecule has 12 fully saturated rings. The number of H-pyrrole nitrogens is 1. The summed E-state index contributed by atoms with van der Waals surface area (Å²) >= 11 is 3.43. The van der Waals surface area contributed by atoms with Gasteiger partial charge in [0.15, 0.2) is 11.6 Å². The first kappa shape index (κ1) is 94.1. The Morgan fingerprint density at radius 2 is 0.930 bits per heavy atom. The number of ether oxygens (including phenoxy) is 3. The molecule has 0 radical (unpaired) electrons. The van der Waals surface area contributed by atoms with Crippen molar-refractivity contribution in [3.05, 3.63) is 74.0 Å². The van der Waals surface area contributed by atoms with Crippen molar-refractivity contribution in [2.75, 3.05) is 26.7 Å². The molecule has 12 aliphatic rings. The van der Waals surface area contributed by atoms with E-state index in [-0.39, 0.29) is 196 Å². The molecule has 6 heterocycles. The van der Waals surface area contributed by atoms with Crippen LogP contribution in [0.1, 0.15) is 234 Å². The van der Waals surface area contributed by atoms with Crippen molar-refractivity contribution in [3.63, 3.8) is 0 Å². The summed E-state index contributed by atoms with van der Waals surface area (Å²) in [6, 6.07) is 5.80. The van der Waals surface area contributed by atoms with Gasteiger partial charge in [-0.25, -0.2) is 0 Å². The number of aromatic amines is 1. The topological polar surface area (TPSA) is 292 Å². The number of nitrogens with one attached hydrogen (secondary N) is 1. The van der Waals surface area contributed by atoms with Crippen LogP contribution in [0.3, 0.4) is 0 Å². The van der Waals surface area contributed by atoms with E-state index < -0.39 is 16.8 Å². The molecule has 27 atom stereocenters. The first-order valence-corrected chi connectivity index (χ1v) is 42.9. The van der Waals surface area contributed by atoms with Gasteiger partial charge in [0.2, 0.25) is 0 Å². The second-order valence-corrected chi connectivity index (χ2v) is 39.6. The minimum atomic E-state index is -0.516. The summed E-state index contributed by atoms with van der Waals surface area (Å²) in [6.07, 6.45) is 42.4. The molecule has 18 rings (SSSR count). The van der Waals surface area contributed by atoms with Crippen LogP contribution in [0.2, 0.25) is 0 Å². The summed E-state index contributed by atoms with van der Waals surface area (Å²) < 4.78 is 22.3. The predicted octanol–water partition coefficient (Wildman–Crippen LogP) is 10.1. The van der Waals surface area contributed by atoms with Gasteiger partial charge in [-0.2, -0.15) is 15.3 Å². The van der Waals surface area contributed by atoms with Gasteiger partial charge >= 0.3 is 103 Å². The van der Waals surface area contributed by atoms with E-state index in [0.29, 0.717) is 100 Å². The monoisotopic (exact) mass is 1690 g/mol. The molecule has 6 aromatic heterocycles. The molecule has 6 aromatic rings. The van der Waals surface area contributed by atoms with Crippen LogP contribution >= 0.6 is 15.9 Å². The quantitative estimate of drug-likeness (QED) is 0.0291. The zero-order valence-electron chi connectivity index (χ0n) is 70.5. The molecule has 0 spiro atoms. The van der Waals surface area contributed by atoms with Gasteiger partial charge in [-0.15, -0.1) is 0 Å². The Morgan fingerprint density at radius 3 is 1.33 bits per heavy atom. The number of aliphatic hydroxyl groups is 3. The van der Waals surface area contributed by atoms with Crippen LogP contribution in [0, 0.1) is 121 Å². The number of methoxy groups -OCH3 is 3. The Hall–Kier alpha value is -2.19. The van der Waals surface area contributed by atoms with Crippen LogP contribution in [0.4, 0.5) is 0 Å². The van der Waals surface area contributed by atoms with Crippen LogP contribution in [-0.4, -0.2) is 146 Å². The number of carbonyl (C=O) groups excluding carboxylic acids is 4.